The summed E-state index contributed by atoms with van der Waals surface area (Å²) >= 11 is 0. The Labute approximate surface area is 170 Å². The molecule has 0 aliphatic carbocycles. The van der Waals surface area contributed by atoms with Crippen molar-refractivity contribution in [1.82, 2.24) is 24.9 Å². The number of aryl methyl sites for hydroxylation is 1. The number of alkyl halides is 3. The Morgan fingerprint density at radius 1 is 1.13 bits per heavy atom. The number of hydrogen-bond donors (Lipinski definition) is 1. The fourth-order valence-electron chi connectivity index (χ4n) is 3.38. The second-order valence-electron chi connectivity index (χ2n) is 7.22. The summed E-state index contributed by atoms with van der Waals surface area (Å²) in [5, 5.41) is 11.6. The highest BCUT2D eigenvalue weighted by Crippen LogP contribution is 2.29. The number of rotatable bonds is 5. The van der Waals surface area contributed by atoms with Crippen molar-refractivity contribution in [3.05, 3.63) is 70.3 Å². The Hall–Kier alpha value is -2.98. The van der Waals surface area contributed by atoms with Crippen LogP contribution >= 0.6 is 0 Å². The maximum atomic E-state index is 12.7. The first-order valence-electron chi connectivity index (χ1n) is 9.38. The van der Waals surface area contributed by atoms with Crippen LogP contribution in [0.3, 0.4) is 0 Å². The summed E-state index contributed by atoms with van der Waals surface area (Å²) < 4.78 is 47.2. The van der Waals surface area contributed by atoms with Gasteiger partial charge in [-0.15, -0.1) is 5.10 Å². The van der Waals surface area contributed by atoms with Gasteiger partial charge in [-0.25, -0.2) is 4.68 Å². The van der Waals surface area contributed by atoms with Gasteiger partial charge < -0.3 is 14.6 Å². The molecule has 2 atom stereocenters. The molecule has 2 unspecified atom stereocenters. The minimum absolute atomic E-state index is 0.103. The van der Waals surface area contributed by atoms with E-state index in [4.69, 9.17) is 4.74 Å². The van der Waals surface area contributed by atoms with Gasteiger partial charge in [0.15, 0.2) is 0 Å². The molecule has 0 amide bonds. The van der Waals surface area contributed by atoms with E-state index in [0.717, 1.165) is 17.7 Å². The average molecular weight is 419 g/mol. The van der Waals surface area contributed by atoms with Crippen molar-refractivity contribution in [2.75, 3.05) is 13.1 Å². The first-order valence-corrected chi connectivity index (χ1v) is 9.38. The normalized spacial score (nSPS) is 19.3. The summed E-state index contributed by atoms with van der Waals surface area (Å²) in [5.41, 5.74) is 1.29. The summed E-state index contributed by atoms with van der Waals surface area (Å²) in [6.07, 6.45) is -1.06. The molecule has 1 N–H and O–H groups in total. The monoisotopic (exact) mass is 419 g/mol. The maximum Gasteiger partial charge on any atom is 0.416 e. The second kappa shape index (κ2) is 8.04. The lowest BCUT2D eigenvalue weighted by Gasteiger charge is -2.19. The molecule has 1 fully saturated rings. The minimum Gasteiger partial charge on any atom is -0.370 e. The summed E-state index contributed by atoms with van der Waals surface area (Å²) in [4.78, 5) is 11.6. The van der Waals surface area contributed by atoms with Crippen LogP contribution < -0.4 is 10.9 Å². The zero-order chi connectivity index (χ0) is 21.3. The summed E-state index contributed by atoms with van der Waals surface area (Å²) in [6, 6.07) is 8.03. The standard InChI is InChI=1S/C20H20F3N5O2/c1-27-10-14(4-7-19(27)29)16-11-28(26-25-16)17-8-24-9-18(17)30-12-13-2-5-15(6-3-13)20(21,22)23/h2-7,10-11,17-18,24H,8-9,12H2,1H3. The van der Waals surface area contributed by atoms with Gasteiger partial charge in [0.1, 0.15) is 5.69 Å². The SMILES string of the molecule is Cn1cc(-c2cn(C3CNCC3OCc3ccc(C(F)(F)F)cc3)nn2)ccc1=O. The van der Waals surface area contributed by atoms with Crippen molar-refractivity contribution in [3.8, 4) is 11.3 Å². The lowest BCUT2D eigenvalue weighted by atomic mass is 10.1. The van der Waals surface area contributed by atoms with Gasteiger partial charge in [0.25, 0.3) is 0 Å². The number of hydrogen-bond acceptors (Lipinski definition) is 5. The fourth-order valence-corrected chi connectivity index (χ4v) is 3.38. The van der Waals surface area contributed by atoms with E-state index in [9.17, 15) is 18.0 Å². The molecule has 3 aromatic rings. The van der Waals surface area contributed by atoms with Crippen molar-refractivity contribution in [1.29, 1.82) is 0 Å². The van der Waals surface area contributed by atoms with E-state index in [0.29, 0.717) is 24.3 Å². The number of ether oxygens (including phenoxy) is 1. The first-order chi connectivity index (χ1) is 14.3. The quantitative estimate of drug-likeness (QED) is 0.688. The number of halogens is 3. The van der Waals surface area contributed by atoms with Crippen molar-refractivity contribution in [2.24, 2.45) is 7.05 Å². The molecule has 158 valence electrons. The Bertz CT molecular complexity index is 1080. The van der Waals surface area contributed by atoms with Gasteiger partial charge in [0, 0.05) is 38.0 Å². The van der Waals surface area contributed by atoms with Crippen LogP contribution in [0.1, 0.15) is 17.2 Å². The molecule has 4 rings (SSSR count). The van der Waals surface area contributed by atoms with Crippen LogP contribution in [0.15, 0.2) is 53.6 Å². The topological polar surface area (TPSA) is 74.0 Å². The van der Waals surface area contributed by atoms with Gasteiger partial charge in [0.05, 0.1) is 30.5 Å². The van der Waals surface area contributed by atoms with Gasteiger partial charge >= 0.3 is 6.18 Å². The van der Waals surface area contributed by atoms with Gasteiger partial charge in [-0.05, 0) is 23.8 Å². The van der Waals surface area contributed by atoms with E-state index in [1.54, 1.807) is 30.2 Å². The third kappa shape index (κ3) is 4.29. The molecule has 30 heavy (non-hydrogen) atoms. The first kappa shape index (κ1) is 20.3. The van der Waals surface area contributed by atoms with Crippen LogP contribution in [-0.2, 0) is 24.6 Å². The molecule has 10 heteroatoms. The van der Waals surface area contributed by atoms with E-state index in [-0.39, 0.29) is 24.3 Å². The van der Waals surface area contributed by atoms with Crippen molar-refractivity contribution in [2.45, 2.75) is 24.9 Å². The summed E-state index contributed by atoms with van der Waals surface area (Å²) in [6.45, 7) is 1.43. The average Bonchev–Trinajstić information content (AvgIpc) is 3.37. The van der Waals surface area contributed by atoms with Crippen LogP contribution in [-0.4, -0.2) is 38.8 Å². The largest absolute Gasteiger partial charge is 0.416 e. The molecule has 7 nitrogen and oxygen atoms in total. The predicted octanol–water partition coefficient (Wildman–Crippen LogP) is 2.39. The zero-order valence-electron chi connectivity index (χ0n) is 16.1. The van der Waals surface area contributed by atoms with Crippen LogP contribution in [0, 0.1) is 0 Å². The Morgan fingerprint density at radius 3 is 2.60 bits per heavy atom. The molecule has 0 saturated carbocycles. The zero-order valence-corrected chi connectivity index (χ0v) is 16.1. The summed E-state index contributed by atoms with van der Waals surface area (Å²) in [5.74, 6) is 0. The highest BCUT2D eigenvalue weighted by molar-refractivity contribution is 5.56. The lowest BCUT2D eigenvalue weighted by Crippen LogP contribution is -2.26. The lowest BCUT2D eigenvalue weighted by molar-refractivity contribution is -0.137. The van der Waals surface area contributed by atoms with Crippen molar-refractivity contribution < 1.29 is 17.9 Å². The van der Waals surface area contributed by atoms with Crippen LogP contribution in [0.2, 0.25) is 0 Å². The minimum atomic E-state index is -4.35. The van der Waals surface area contributed by atoms with E-state index >= 15 is 0 Å². The van der Waals surface area contributed by atoms with Gasteiger partial charge in [-0.3, -0.25) is 4.79 Å². The smallest absolute Gasteiger partial charge is 0.370 e. The number of aromatic nitrogens is 4. The van der Waals surface area contributed by atoms with Crippen molar-refractivity contribution >= 4 is 0 Å². The van der Waals surface area contributed by atoms with Crippen LogP contribution in [0.4, 0.5) is 13.2 Å². The molecule has 1 aromatic carbocycles. The third-order valence-corrected chi connectivity index (χ3v) is 5.11. The second-order valence-corrected chi connectivity index (χ2v) is 7.22. The highest BCUT2D eigenvalue weighted by Gasteiger charge is 2.31. The van der Waals surface area contributed by atoms with Gasteiger partial charge in [0.2, 0.25) is 5.56 Å². The van der Waals surface area contributed by atoms with Gasteiger partial charge in [-0.1, -0.05) is 17.3 Å². The Morgan fingerprint density at radius 2 is 1.90 bits per heavy atom. The molecule has 3 heterocycles. The molecule has 0 spiro atoms. The third-order valence-electron chi connectivity index (χ3n) is 5.11. The van der Waals surface area contributed by atoms with Gasteiger partial charge in [-0.2, -0.15) is 13.2 Å². The molecule has 0 bridgehead atoms. The summed E-state index contributed by atoms with van der Waals surface area (Å²) in [7, 11) is 1.67. The molecular weight excluding hydrogens is 399 g/mol. The van der Waals surface area contributed by atoms with E-state index < -0.39 is 11.7 Å². The number of benzene rings is 1. The molecule has 1 aliphatic rings. The van der Waals surface area contributed by atoms with E-state index in [1.807, 2.05) is 0 Å². The van der Waals surface area contributed by atoms with Crippen LogP contribution in [0.25, 0.3) is 11.3 Å². The van der Waals surface area contributed by atoms with Crippen LogP contribution in [0.5, 0.6) is 0 Å². The van der Waals surface area contributed by atoms with Crippen molar-refractivity contribution in [3.63, 3.8) is 0 Å². The molecular formula is C20H20F3N5O2. The fraction of sp³-hybridized carbons (Fsp3) is 0.350. The molecule has 1 aliphatic heterocycles. The van der Waals surface area contributed by atoms with E-state index in [2.05, 4.69) is 15.6 Å². The Balaban J connectivity index is 1.43. The number of nitrogens with one attached hydrogen (secondary N) is 1. The molecule has 0 radical (unpaired) electrons. The number of nitrogens with zero attached hydrogens (tertiary/aromatic N) is 4. The highest BCUT2D eigenvalue weighted by atomic mass is 19.4. The molecule has 2 aromatic heterocycles. The van der Waals surface area contributed by atoms with E-state index in [1.165, 1.54) is 22.8 Å². The maximum absolute atomic E-state index is 12.7. The molecule has 1 saturated heterocycles. The Kier molecular flexibility index (Phi) is 5.44. The number of pyridine rings is 1. The predicted molar refractivity (Wildman–Crippen MR) is 103 cm³/mol.